The van der Waals surface area contributed by atoms with Gasteiger partial charge in [0.2, 0.25) is 5.91 Å². The summed E-state index contributed by atoms with van der Waals surface area (Å²) in [5.41, 5.74) is 0. The molecular weight excluding hydrogens is 378 g/mol. The van der Waals surface area contributed by atoms with E-state index in [1.165, 1.54) is 24.3 Å². The average Bonchev–Trinajstić information content (AvgIpc) is 2.65. The Hall–Kier alpha value is -2.25. The van der Waals surface area contributed by atoms with E-state index in [9.17, 15) is 13.2 Å². The smallest absolute Gasteiger partial charge is 0.221 e. The number of rotatable bonds is 6. The van der Waals surface area contributed by atoms with Gasteiger partial charge in [-0.1, -0.05) is 23.7 Å². The van der Waals surface area contributed by atoms with Crippen LogP contribution in [0, 0.1) is 0 Å². The molecule has 3 rings (SSSR count). The van der Waals surface area contributed by atoms with E-state index in [1.54, 1.807) is 6.07 Å². The number of sulfone groups is 1. The Bertz CT molecular complexity index is 883. The third-order valence-electron chi connectivity index (χ3n) is 3.87. The molecular formula is C18H18ClNO5S. The number of amides is 1. The number of carbonyl (C=O) groups is 1. The Labute approximate surface area is 157 Å². The molecule has 0 saturated carbocycles. The Balaban J connectivity index is 1.47. The van der Waals surface area contributed by atoms with Crippen LogP contribution in [0.5, 0.6) is 11.5 Å². The van der Waals surface area contributed by atoms with Gasteiger partial charge in [0.15, 0.2) is 21.3 Å². The summed E-state index contributed by atoms with van der Waals surface area (Å²) in [4.78, 5) is 12.1. The molecule has 0 unspecified atom stereocenters. The molecule has 0 bridgehead atoms. The van der Waals surface area contributed by atoms with Crippen LogP contribution < -0.4 is 14.8 Å². The molecule has 6 nitrogen and oxygen atoms in total. The van der Waals surface area contributed by atoms with Gasteiger partial charge in [0.25, 0.3) is 0 Å². The van der Waals surface area contributed by atoms with Crippen molar-refractivity contribution in [2.75, 3.05) is 18.9 Å². The third-order valence-corrected chi connectivity index (χ3v) is 5.85. The van der Waals surface area contributed by atoms with Crippen LogP contribution in [-0.4, -0.2) is 39.3 Å². The minimum atomic E-state index is -3.53. The van der Waals surface area contributed by atoms with Crippen molar-refractivity contribution in [1.82, 2.24) is 5.32 Å². The zero-order chi connectivity index (χ0) is 18.6. The SMILES string of the molecule is O=C(CCS(=O)(=O)c1ccc(Cl)cc1)NC[C@@H]1COc2ccccc2O1. The summed E-state index contributed by atoms with van der Waals surface area (Å²) in [5.74, 6) is 0.670. The zero-order valence-electron chi connectivity index (χ0n) is 13.9. The molecule has 1 aliphatic rings. The molecule has 1 amide bonds. The molecule has 0 aliphatic carbocycles. The summed E-state index contributed by atoms with van der Waals surface area (Å²) in [6.07, 6.45) is -0.448. The van der Waals surface area contributed by atoms with Gasteiger partial charge in [-0.05, 0) is 36.4 Å². The monoisotopic (exact) mass is 395 g/mol. The molecule has 0 spiro atoms. The Morgan fingerprint density at radius 2 is 1.81 bits per heavy atom. The maximum Gasteiger partial charge on any atom is 0.221 e. The van der Waals surface area contributed by atoms with E-state index >= 15 is 0 Å². The van der Waals surface area contributed by atoms with Gasteiger partial charge < -0.3 is 14.8 Å². The quantitative estimate of drug-likeness (QED) is 0.812. The highest BCUT2D eigenvalue weighted by molar-refractivity contribution is 7.91. The van der Waals surface area contributed by atoms with E-state index in [0.29, 0.717) is 23.1 Å². The molecule has 8 heteroatoms. The van der Waals surface area contributed by atoms with Crippen LogP contribution in [0.2, 0.25) is 5.02 Å². The molecule has 1 N–H and O–H groups in total. The van der Waals surface area contributed by atoms with Crippen molar-refractivity contribution in [3.05, 3.63) is 53.6 Å². The molecule has 2 aromatic carbocycles. The summed E-state index contributed by atoms with van der Waals surface area (Å²) >= 11 is 5.75. The number of nitrogens with one attached hydrogen (secondary N) is 1. The normalized spacial score (nSPS) is 16.1. The molecule has 1 atom stereocenters. The van der Waals surface area contributed by atoms with Crippen molar-refractivity contribution in [1.29, 1.82) is 0 Å². The van der Waals surface area contributed by atoms with Gasteiger partial charge in [-0.2, -0.15) is 0 Å². The van der Waals surface area contributed by atoms with E-state index in [1.807, 2.05) is 18.2 Å². The lowest BCUT2D eigenvalue weighted by atomic mass is 10.2. The van der Waals surface area contributed by atoms with Crippen LogP contribution in [0.1, 0.15) is 6.42 Å². The standard InChI is InChI=1S/C18H18ClNO5S/c19-13-5-7-15(8-6-13)26(22,23)10-9-18(21)20-11-14-12-24-16-3-1-2-4-17(16)25-14/h1-8,14H,9-12H2,(H,20,21)/t14-/m1/s1. The number of halogens is 1. The van der Waals surface area contributed by atoms with Crippen LogP contribution in [0.3, 0.4) is 0 Å². The number of hydrogen-bond donors (Lipinski definition) is 1. The first-order valence-electron chi connectivity index (χ1n) is 8.07. The Morgan fingerprint density at radius 1 is 1.12 bits per heavy atom. The lowest BCUT2D eigenvalue weighted by Gasteiger charge is -2.26. The molecule has 0 fully saturated rings. The van der Waals surface area contributed by atoms with Gasteiger partial charge in [-0.25, -0.2) is 8.42 Å². The van der Waals surface area contributed by atoms with Gasteiger partial charge in [0, 0.05) is 11.4 Å². The number of carbonyl (C=O) groups excluding carboxylic acids is 1. The van der Waals surface area contributed by atoms with Crippen molar-refractivity contribution in [3.8, 4) is 11.5 Å². The number of benzene rings is 2. The number of hydrogen-bond acceptors (Lipinski definition) is 5. The van der Waals surface area contributed by atoms with Gasteiger partial charge in [0.05, 0.1) is 17.2 Å². The maximum absolute atomic E-state index is 12.2. The molecule has 138 valence electrons. The first-order valence-corrected chi connectivity index (χ1v) is 10.1. The van der Waals surface area contributed by atoms with Crippen LogP contribution in [0.15, 0.2) is 53.4 Å². The minimum absolute atomic E-state index is 0.130. The van der Waals surface area contributed by atoms with Crippen molar-refractivity contribution < 1.29 is 22.7 Å². The van der Waals surface area contributed by atoms with E-state index in [2.05, 4.69) is 5.32 Å². The fourth-order valence-electron chi connectivity index (χ4n) is 2.47. The largest absolute Gasteiger partial charge is 0.486 e. The summed E-state index contributed by atoms with van der Waals surface area (Å²) in [7, 11) is -3.53. The molecule has 1 aliphatic heterocycles. The highest BCUT2D eigenvalue weighted by Crippen LogP contribution is 2.30. The zero-order valence-corrected chi connectivity index (χ0v) is 15.4. The first kappa shape index (κ1) is 18.5. The van der Waals surface area contributed by atoms with Crippen molar-refractivity contribution in [2.45, 2.75) is 17.4 Å². The van der Waals surface area contributed by atoms with E-state index in [-0.39, 0.29) is 35.6 Å². The lowest BCUT2D eigenvalue weighted by molar-refractivity contribution is -0.121. The predicted molar refractivity (Wildman–Crippen MR) is 97.5 cm³/mol. The summed E-state index contributed by atoms with van der Waals surface area (Å²) < 4.78 is 35.8. The van der Waals surface area contributed by atoms with Crippen molar-refractivity contribution >= 4 is 27.3 Å². The van der Waals surface area contributed by atoms with Crippen LogP contribution >= 0.6 is 11.6 Å². The van der Waals surface area contributed by atoms with Gasteiger partial charge in [0.1, 0.15) is 12.7 Å². The van der Waals surface area contributed by atoms with Crippen LogP contribution in [-0.2, 0) is 14.6 Å². The summed E-state index contributed by atoms with van der Waals surface area (Å²) in [6, 6.07) is 13.2. The topological polar surface area (TPSA) is 81.7 Å². The maximum atomic E-state index is 12.2. The van der Waals surface area contributed by atoms with E-state index in [4.69, 9.17) is 21.1 Å². The minimum Gasteiger partial charge on any atom is -0.486 e. The molecule has 0 aromatic heterocycles. The third kappa shape index (κ3) is 4.68. The molecule has 26 heavy (non-hydrogen) atoms. The molecule has 2 aromatic rings. The van der Waals surface area contributed by atoms with Crippen LogP contribution in [0.4, 0.5) is 0 Å². The van der Waals surface area contributed by atoms with Crippen LogP contribution in [0.25, 0.3) is 0 Å². The van der Waals surface area contributed by atoms with E-state index < -0.39 is 9.84 Å². The van der Waals surface area contributed by atoms with Gasteiger partial charge in [-0.15, -0.1) is 0 Å². The lowest BCUT2D eigenvalue weighted by Crippen LogP contribution is -2.41. The number of fused-ring (bicyclic) bond motifs is 1. The fourth-order valence-corrected chi connectivity index (χ4v) is 3.83. The fraction of sp³-hybridized carbons (Fsp3) is 0.278. The predicted octanol–water partition coefficient (Wildman–Crippen LogP) is 2.46. The summed E-state index contributed by atoms with van der Waals surface area (Å²) in [6.45, 7) is 0.564. The molecule has 0 radical (unpaired) electrons. The second-order valence-corrected chi connectivity index (χ2v) is 8.37. The highest BCUT2D eigenvalue weighted by atomic mass is 35.5. The molecule has 0 saturated heterocycles. The van der Waals surface area contributed by atoms with Gasteiger partial charge >= 0.3 is 0 Å². The molecule has 1 heterocycles. The average molecular weight is 396 g/mol. The highest BCUT2D eigenvalue weighted by Gasteiger charge is 2.22. The van der Waals surface area contributed by atoms with Gasteiger partial charge in [-0.3, -0.25) is 4.79 Å². The second kappa shape index (κ2) is 7.97. The van der Waals surface area contributed by atoms with Crippen molar-refractivity contribution in [2.24, 2.45) is 0 Å². The second-order valence-electron chi connectivity index (χ2n) is 5.82. The first-order chi connectivity index (χ1) is 12.4. The summed E-state index contributed by atoms with van der Waals surface area (Å²) in [5, 5.41) is 3.14. The number of ether oxygens (including phenoxy) is 2. The Morgan fingerprint density at radius 3 is 2.54 bits per heavy atom. The van der Waals surface area contributed by atoms with E-state index in [0.717, 1.165) is 0 Å². The Kier molecular flexibility index (Phi) is 5.68. The number of para-hydroxylation sites is 2. The van der Waals surface area contributed by atoms with Crippen molar-refractivity contribution in [3.63, 3.8) is 0 Å².